The van der Waals surface area contributed by atoms with E-state index in [4.69, 9.17) is 14.3 Å². The molecule has 0 aromatic heterocycles. The normalized spacial score (nSPS) is 21.7. The summed E-state index contributed by atoms with van der Waals surface area (Å²) < 4.78 is 70.1. The third-order valence-corrected chi connectivity index (χ3v) is 7.33. The summed E-state index contributed by atoms with van der Waals surface area (Å²) in [6.45, 7) is 4.52. The molecule has 10 heteroatoms. The standard InChI is InChI=1S/C30H29F4N3O2S/c1-4-37-26-13-12-24(38-3)18-25(26)29(2,19-20-10-11-23(31)17-22(16-20)30(32,33)34)27(37)14-15-36-40-39-28(35)21-8-6-5-7-9-21/h5-18,22,35H,4,19H2,1-3H3/b27-14-,35-28?,36-15-. The molecule has 1 aliphatic carbocycles. The van der Waals surface area contributed by atoms with Gasteiger partial charge in [-0.1, -0.05) is 30.4 Å². The number of hydrogen-bond acceptors (Lipinski definition) is 6. The number of hydrogen-bond donors (Lipinski definition) is 1. The second-order valence-corrected chi connectivity index (χ2v) is 10.0. The summed E-state index contributed by atoms with van der Waals surface area (Å²) in [5.74, 6) is -2.38. The van der Waals surface area contributed by atoms with Gasteiger partial charge in [-0.15, -0.1) is 0 Å². The Labute approximate surface area is 235 Å². The molecule has 0 fully saturated rings. The maximum Gasteiger partial charge on any atom is 0.398 e. The lowest BCUT2D eigenvalue weighted by molar-refractivity contribution is -0.149. The third-order valence-electron chi connectivity index (χ3n) is 6.88. The second kappa shape index (κ2) is 12.2. The molecular formula is C30H29F4N3O2S. The van der Waals surface area contributed by atoms with Crippen LogP contribution in [0.3, 0.4) is 0 Å². The first-order chi connectivity index (χ1) is 19.1. The summed E-state index contributed by atoms with van der Waals surface area (Å²) in [4.78, 5) is 2.07. The summed E-state index contributed by atoms with van der Waals surface area (Å²) >= 11 is 0.746. The van der Waals surface area contributed by atoms with Crippen LogP contribution < -0.4 is 9.64 Å². The molecule has 5 nitrogen and oxygen atoms in total. The van der Waals surface area contributed by atoms with Crippen molar-refractivity contribution in [2.45, 2.75) is 31.9 Å². The average Bonchev–Trinajstić information content (AvgIpc) is 3.02. The fourth-order valence-electron chi connectivity index (χ4n) is 4.97. The lowest BCUT2D eigenvalue weighted by Crippen LogP contribution is -2.29. The summed E-state index contributed by atoms with van der Waals surface area (Å²) in [5.41, 5.74) is 2.75. The van der Waals surface area contributed by atoms with Crippen LogP contribution in [0, 0.1) is 11.3 Å². The molecule has 2 unspecified atom stereocenters. The fourth-order valence-corrected chi connectivity index (χ4v) is 5.30. The van der Waals surface area contributed by atoms with Gasteiger partial charge in [0.15, 0.2) is 0 Å². The van der Waals surface area contributed by atoms with Crippen molar-refractivity contribution in [2.75, 3.05) is 18.6 Å². The van der Waals surface area contributed by atoms with Gasteiger partial charge in [0.2, 0.25) is 18.1 Å². The molecule has 210 valence electrons. The van der Waals surface area contributed by atoms with Crippen LogP contribution in [0.15, 0.2) is 100 Å². The number of halogens is 4. The van der Waals surface area contributed by atoms with Crippen LogP contribution in [0.25, 0.3) is 0 Å². The quantitative estimate of drug-likeness (QED) is 0.114. The molecule has 1 aliphatic heterocycles. The van der Waals surface area contributed by atoms with Gasteiger partial charge in [-0.25, -0.2) is 4.39 Å². The lowest BCUT2D eigenvalue weighted by Gasteiger charge is -2.30. The molecule has 2 aromatic carbocycles. The van der Waals surface area contributed by atoms with E-state index in [-0.39, 0.29) is 12.3 Å². The Morgan fingerprint density at radius 1 is 1.15 bits per heavy atom. The Balaban J connectivity index is 1.67. The van der Waals surface area contributed by atoms with E-state index in [1.165, 1.54) is 6.08 Å². The van der Waals surface area contributed by atoms with Crippen molar-refractivity contribution >= 4 is 30.0 Å². The molecule has 1 N–H and O–H groups in total. The minimum atomic E-state index is -4.61. The first-order valence-corrected chi connectivity index (χ1v) is 13.3. The number of methoxy groups -OCH3 is 1. The summed E-state index contributed by atoms with van der Waals surface area (Å²) in [6, 6.07) is 14.6. The average molecular weight is 572 g/mol. The van der Waals surface area contributed by atoms with E-state index in [2.05, 4.69) is 9.30 Å². The van der Waals surface area contributed by atoms with E-state index in [1.807, 2.05) is 38.1 Å². The van der Waals surface area contributed by atoms with E-state index in [0.717, 1.165) is 41.3 Å². The summed E-state index contributed by atoms with van der Waals surface area (Å²) in [6.07, 6.45) is 3.03. The highest BCUT2D eigenvalue weighted by Crippen LogP contribution is 2.52. The molecule has 0 spiro atoms. The van der Waals surface area contributed by atoms with Gasteiger partial charge in [0.05, 0.1) is 13.0 Å². The zero-order valence-corrected chi connectivity index (χ0v) is 23.0. The minimum Gasteiger partial charge on any atom is -0.497 e. The molecular weight excluding hydrogens is 542 g/mol. The van der Waals surface area contributed by atoms with Crippen molar-refractivity contribution in [1.29, 1.82) is 5.41 Å². The Morgan fingerprint density at radius 2 is 1.90 bits per heavy atom. The van der Waals surface area contributed by atoms with Gasteiger partial charge in [0.1, 0.15) is 11.6 Å². The molecule has 0 saturated heterocycles. The fraction of sp³-hybridized carbons (Fsp3) is 0.267. The number of likely N-dealkylation sites (N-methyl/N-ethyl adjacent to an activating group) is 1. The van der Waals surface area contributed by atoms with Gasteiger partial charge < -0.3 is 13.8 Å². The molecule has 1 heterocycles. The predicted octanol–water partition coefficient (Wildman–Crippen LogP) is 8.27. The third kappa shape index (κ3) is 6.33. The van der Waals surface area contributed by atoms with E-state index in [9.17, 15) is 17.6 Å². The van der Waals surface area contributed by atoms with Crippen LogP contribution in [0.5, 0.6) is 5.75 Å². The Bertz CT molecular complexity index is 1400. The van der Waals surface area contributed by atoms with Gasteiger partial charge in [-0.3, -0.25) is 5.41 Å². The number of alkyl halides is 3. The molecule has 2 atom stereocenters. The number of nitrogens with one attached hydrogen (secondary N) is 1. The lowest BCUT2D eigenvalue weighted by atomic mass is 9.75. The Hall–Kier alpha value is -3.79. The van der Waals surface area contributed by atoms with Gasteiger partial charge in [0.25, 0.3) is 0 Å². The summed E-state index contributed by atoms with van der Waals surface area (Å²) in [7, 11) is 1.55. The van der Waals surface area contributed by atoms with E-state index < -0.39 is 23.3 Å². The largest absolute Gasteiger partial charge is 0.497 e. The smallest absolute Gasteiger partial charge is 0.398 e. The Kier molecular flexibility index (Phi) is 8.88. The number of benzene rings is 2. The van der Waals surface area contributed by atoms with Crippen molar-refractivity contribution in [2.24, 2.45) is 10.3 Å². The highest BCUT2D eigenvalue weighted by Gasteiger charge is 2.44. The molecule has 2 aromatic rings. The van der Waals surface area contributed by atoms with Gasteiger partial charge >= 0.3 is 6.18 Å². The number of anilines is 1. The molecule has 0 radical (unpaired) electrons. The molecule has 40 heavy (non-hydrogen) atoms. The van der Waals surface area contributed by atoms with Crippen LogP contribution in [0.1, 0.15) is 31.4 Å². The van der Waals surface area contributed by atoms with Crippen molar-refractivity contribution in [3.05, 3.63) is 107 Å². The highest BCUT2D eigenvalue weighted by atomic mass is 32.2. The van der Waals surface area contributed by atoms with Crippen molar-refractivity contribution < 1.29 is 26.5 Å². The molecule has 2 aliphatic rings. The van der Waals surface area contributed by atoms with E-state index in [1.54, 1.807) is 43.7 Å². The monoisotopic (exact) mass is 571 g/mol. The molecule has 4 rings (SSSR count). The van der Waals surface area contributed by atoms with Crippen LogP contribution >= 0.6 is 12.2 Å². The minimum absolute atomic E-state index is 0.0389. The Morgan fingerprint density at radius 3 is 2.58 bits per heavy atom. The molecule has 0 amide bonds. The molecule has 0 saturated carbocycles. The number of allylic oxidation sites excluding steroid dienone is 8. The van der Waals surface area contributed by atoms with Crippen LogP contribution in [0.4, 0.5) is 23.2 Å². The zero-order chi connectivity index (χ0) is 28.9. The van der Waals surface area contributed by atoms with Crippen LogP contribution in [-0.2, 0) is 9.60 Å². The maximum absolute atomic E-state index is 14.1. The predicted molar refractivity (Wildman–Crippen MR) is 152 cm³/mol. The number of fused-ring (bicyclic) bond motifs is 1. The SMILES string of the molecule is CCN1/C(=C\C=N/SOC(=N)c2ccccc2)C(C)(CC2=CC(C(F)(F)F)C=C(F)C=C2)c2cc(OC)ccc21. The van der Waals surface area contributed by atoms with Crippen molar-refractivity contribution in [3.8, 4) is 5.75 Å². The van der Waals surface area contributed by atoms with Crippen LogP contribution in [0.2, 0.25) is 0 Å². The highest BCUT2D eigenvalue weighted by molar-refractivity contribution is 7.93. The topological polar surface area (TPSA) is 57.9 Å². The maximum atomic E-state index is 14.1. The van der Waals surface area contributed by atoms with E-state index in [0.29, 0.717) is 29.5 Å². The first kappa shape index (κ1) is 29.2. The number of rotatable bonds is 8. The zero-order valence-electron chi connectivity index (χ0n) is 22.2. The number of nitrogens with zero attached hydrogens (tertiary/aromatic N) is 2. The van der Waals surface area contributed by atoms with E-state index >= 15 is 0 Å². The first-order valence-electron chi connectivity index (χ1n) is 12.6. The van der Waals surface area contributed by atoms with Gasteiger partial charge in [0, 0.05) is 35.1 Å². The van der Waals surface area contributed by atoms with Gasteiger partial charge in [-0.05, 0) is 80.0 Å². The van der Waals surface area contributed by atoms with Crippen LogP contribution in [-0.4, -0.2) is 31.9 Å². The second-order valence-electron chi connectivity index (χ2n) is 9.49. The summed E-state index contributed by atoms with van der Waals surface area (Å²) in [5, 5.41) is 8.04. The van der Waals surface area contributed by atoms with Crippen molar-refractivity contribution in [1.82, 2.24) is 0 Å². The number of ether oxygens (including phenoxy) is 1. The van der Waals surface area contributed by atoms with Crippen molar-refractivity contribution in [3.63, 3.8) is 0 Å². The van der Waals surface area contributed by atoms with Gasteiger partial charge in [-0.2, -0.15) is 17.6 Å². The molecule has 0 bridgehead atoms.